The van der Waals surface area contributed by atoms with E-state index in [1.165, 1.54) is 6.33 Å². The molecular weight excluding hydrogens is 383 g/mol. The van der Waals surface area contributed by atoms with Crippen LogP contribution in [0.1, 0.15) is 18.9 Å². The standard InChI is InChI=1S/C16H18Cl2N6.ClH/c1-3-7-19-15-20-11-21-16(22-15)23-24(8-4-2)10-12-5-6-13(17)14(18)9-12;/h1,5-6,9,11H,4,7-8,10H2,2H3,(H2,19,20,21,22,23);1H. The number of halogens is 3. The fourth-order valence-electron chi connectivity index (χ4n) is 2.01. The van der Waals surface area contributed by atoms with Crippen LogP contribution in [0.4, 0.5) is 11.9 Å². The van der Waals surface area contributed by atoms with E-state index in [1.54, 1.807) is 6.07 Å². The zero-order valence-electron chi connectivity index (χ0n) is 13.7. The summed E-state index contributed by atoms with van der Waals surface area (Å²) in [6.07, 6.45) is 7.60. The number of anilines is 2. The molecule has 2 N–H and O–H groups in total. The zero-order chi connectivity index (χ0) is 17.4. The van der Waals surface area contributed by atoms with Crippen molar-refractivity contribution < 1.29 is 0 Å². The van der Waals surface area contributed by atoms with E-state index in [2.05, 4.69) is 38.5 Å². The molecule has 1 aromatic carbocycles. The summed E-state index contributed by atoms with van der Waals surface area (Å²) in [7, 11) is 0. The summed E-state index contributed by atoms with van der Waals surface area (Å²) >= 11 is 12.0. The summed E-state index contributed by atoms with van der Waals surface area (Å²) in [5.74, 6) is 3.34. The zero-order valence-corrected chi connectivity index (χ0v) is 16.0. The molecule has 0 aliphatic heterocycles. The van der Waals surface area contributed by atoms with Gasteiger partial charge in [0.15, 0.2) is 0 Å². The summed E-state index contributed by atoms with van der Waals surface area (Å²) in [5.41, 5.74) is 4.22. The average molecular weight is 402 g/mol. The van der Waals surface area contributed by atoms with Gasteiger partial charge in [0.2, 0.25) is 11.9 Å². The largest absolute Gasteiger partial charge is 0.343 e. The van der Waals surface area contributed by atoms with Gasteiger partial charge in [-0.15, -0.1) is 18.8 Å². The normalized spacial score (nSPS) is 10.0. The third-order valence-corrected chi connectivity index (χ3v) is 3.77. The second-order valence-corrected chi connectivity index (χ2v) is 5.79. The molecule has 1 heterocycles. The number of nitrogens with one attached hydrogen (secondary N) is 2. The van der Waals surface area contributed by atoms with Gasteiger partial charge in [-0.1, -0.05) is 42.1 Å². The Morgan fingerprint density at radius 2 is 1.96 bits per heavy atom. The van der Waals surface area contributed by atoms with Crippen LogP contribution < -0.4 is 10.7 Å². The quantitative estimate of drug-likeness (QED) is 0.517. The van der Waals surface area contributed by atoms with Crippen molar-refractivity contribution in [3.05, 3.63) is 40.1 Å². The van der Waals surface area contributed by atoms with E-state index in [4.69, 9.17) is 29.6 Å². The summed E-state index contributed by atoms with van der Waals surface area (Å²) in [5, 5.41) is 5.99. The number of benzene rings is 1. The molecule has 0 saturated heterocycles. The molecule has 0 bridgehead atoms. The Morgan fingerprint density at radius 3 is 2.64 bits per heavy atom. The first-order valence-corrected chi connectivity index (χ1v) is 8.20. The topological polar surface area (TPSA) is 66.0 Å². The lowest BCUT2D eigenvalue weighted by atomic mass is 10.2. The van der Waals surface area contributed by atoms with Crippen molar-refractivity contribution in [1.82, 2.24) is 20.0 Å². The van der Waals surface area contributed by atoms with Gasteiger partial charge in [0.05, 0.1) is 16.6 Å². The molecule has 0 aliphatic carbocycles. The number of hydrogen-bond donors (Lipinski definition) is 2. The van der Waals surface area contributed by atoms with Crippen LogP contribution in [0.15, 0.2) is 24.5 Å². The van der Waals surface area contributed by atoms with Gasteiger partial charge in [-0.05, 0) is 24.1 Å². The Labute approximate surface area is 163 Å². The van der Waals surface area contributed by atoms with Crippen molar-refractivity contribution in [2.45, 2.75) is 19.9 Å². The van der Waals surface area contributed by atoms with Gasteiger partial charge >= 0.3 is 0 Å². The first-order chi connectivity index (χ1) is 11.6. The minimum atomic E-state index is 0. The lowest BCUT2D eigenvalue weighted by molar-refractivity contribution is 0.319. The van der Waals surface area contributed by atoms with E-state index in [-0.39, 0.29) is 12.4 Å². The van der Waals surface area contributed by atoms with Crippen molar-refractivity contribution in [3.8, 4) is 12.3 Å². The van der Waals surface area contributed by atoms with Crippen molar-refractivity contribution in [1.29, 1.82) is 0 Å². The molecule has 0 atom stereocenters. The number of hydrogen-bond acceptors (Lipinski definition) is 6. The molecule has 0 spiro atoms. The van der Waals surface area contributed by atoms with Crippen LogP contribution in [0.25, 0.3) is 0 Å². The second-order valence-electron chi connectivity index (χ2n) is 4.97. The molecule has 0 unspecified atom stereocenters. The lowest BCUT2D eigenvalue weighted by Gasteiger charge is -2.22. The first-order valence-electron chi connectivity index (χ1n) is 7.44. The highest BCUT2D eigenvalue weighted by molar-refractivity contribution is 6.42. The molecule has 0 amide bonds. The Balaban J connectivity index is 0.00000312. The Kier molecular flexibility index (Phi) is 9.32. The van der Waals surface area contributed by atoms with Crippen molar-refractivity contribution >= 4 is 47.5 Å². The molecule has 6 nitrogen and oxygen atoms in total. The second kappa shape index (κ2) is 11.0. The minimum absolute atomic E-state index is 0. The monoisotopic (exact) mass is 400 g/mol. The third-order valence-electron chi connectivity index (χ3n) is 3.03. The number of rotatable bonds is 8. The maximum absolute atomic E-state index is 6.08. The Morgan fingerprint density at radius 1 is 1.20 bits per heavy atom. The summed E-state index contributed by atoms with van der Waals surface area (Å²) in [6.45, 7) is 3.88. The molecule has 0 saturated carbocycles. The van der Waals surface area contributed by atoms with Crippen molar-refractivity contribution in [2.24, 2.45) is 0 Å². The van der Waals surface area contributed by atoms with Crippen LogP contribution in [0.3, 0.4) is 0 Å². The molecule has 25 heavy (non-hydrogen) atoms. The molecule has 2 rings (SSSR count). The molecule has 0 radical (unpaired) electrons. The number of terminal acetylenes is 1. The van der Waals surface area contributed by atoms with Gasteiger partial charge in [0, 0.05) is 13.1 Å². The number of hydrazine groups is 1. The van der Waals surface area contributed by atoms with Crippen LogP contribution in [0.2, 0.25) is 10.0 Å². The van der Waals surface area contributed by atoms with E-state index < -0.39 is 0 Å². The molecule has 134 valence electrons. The molecule has 1 aromatic heterocycles. The smallest absolute Gasteiger partial charge is 0.242 e. The van der Waals surface area contributed by atoms with E-state index >= 15 is 0 Å². The first kappa shape index (κ1) is 21.3. The van der Waals surface area contributed by atoms with Crippen LogP contribution in [-0.4, -0.2) is 33.1 Å². The highest BCUT2D eigenvalue weighted by Crippen LogP contribution is 2.23. The highest BCUT2D eigenvalue weighted by Gasteiger charge is 2.09. The maximum atomic E-state index is 6.08. The fraction of sp³-hybridized carbons (Fsp3) is 0.312. The number of nitrogens with zero attached hydrogens (tertiary/aromatic N) is 4. The Bertz CT molecular complexity index is 719. The summed E-state index contributed by atoms with van der Waals surface area (Å²) < 4.78 is 0. The molecular formula is C16H19Cl3N6. The molecule has 9 heteroatoms. The minimum Gasteiger partial charge on any atom is -0.343 e. The fourth-order valence-corrected chi connectivity index (χ4v) is 2.33. The molecule has 0 fully saturated rings. The van der Waals surface area contributed by atoms with Gasteiger partial charge in [-0.2, -0.15) is 4.98 Å². The van der Waals surface area contributed by atoms with Gasteiger partial charge in [0.1, 0.15) is 6.33 Å². The van der Waals surface area contributed by atoms with E-state index in [0.29, 0.717) is 35.0 Å². The number of aromatic nitrogens is 3. The average Bonchev–Trinajstić information content (AvgIpc) is 2.57. The predicted molar refractivity (Wildman–Crippen MR) is 105 cm³/mol. The highest BCUT2D eigenvalue weighted by atomic mass is 35.5. The van der Waals surface area contributed by atoms with Crippen LogP contribution >= 0.6 is 35.6 Å². The summed E-state index contributed by atoms with van der Waals surface area (Å²) in [6, 6.07) is 5.57. The van der Waals surface area contributed by atoms with Crippen LogP contribution in [-0.2, 0) is 6.54 Å². The van der Waals surface area contributed by atoms with Crippen molar-refractivity contribution in [3.63, 3.8) is 0 Å². The van der Waals surface area contributed by atoms with Crippen molar-refractivity contribution in [2.75, 3.05) is 23.8 Å². The molecule has 0 aliphatic rings. The van der Waals surface area contributed by atoms with Crippen LogP contribution in [0, 0.1) is 12.3 Å². The van der Waals surface area contributed by atoms with E-state index in [0.717, 1.165) is 18.5 Å². The van der Waals surface area contributed by atoms with E-state index in [1.807, 2.05) is 17.1 Å². The maximum Gasteiger partial charge on any atom is 0.242 e. The van der Waals surface area contributed by atoms with Gasteiger partial charge < -0.3 is 5.32 Å². The van der Waals surface area contributed by atoms with Crippen LogP contribution in [0.5, 0.6) is 0 Å². The van der Waals surface area contributed by atoms with E-state index in [9.17, 15) is 0 Å². The third kappa shape index (κ3) is 6.92. The van der Waals surface area contributed by atoms with Gasteiger partial charge in [-0.25, -0.2) is 15.0 Å². The predicted octanol–water partition coefficient (Wildman–Crippen LogP) is 3.88. The SMILES string of the molecule is C#CCNc1ncnc(NN(CCC)Cc2ccc(Cl)c(Cl)c2)n1.Cl. The van der Waals surface area contributed by atoms with Gasteiger partial charge in [-0.3, -0.25) is 5.43 Å². The molecule has 2 aromatic rings. The lowest BCUT2D eigenvalue weighted by Crippen LogP contribution is -2.31. The summed E-state index contributed by atoms with van der Waals surface area (Å²) in [4.78, 5) is 12.4. The van der Waals surface area contributed by atoms with Gasteiger partial charge in [0.25, 0.3) is 0 Å². The Hall–Kier alpha value is -1.78.